The van der Waals surface area contributed by atoms with Gasteiger partial charge >= 0.3 is 0 Å². The number of carbonyl (C=O) groups excluding carboxylic acids is 1. The molecule has 5 heteroatoms. The number of halogens is 1. The Labute approximate surface area is 119 Å². The highest BCUT2D eigenvalue weighted by Crippen LogP contribution is 2.12. The first kappa shape index (κ1) is 15.9. The lowest BCUT2D eigenvalue weighted by molar-refractivity contribution is 0.0894. The van der Waals surface area contributed by atoms with Crippen molar-refractivity contribution in [1.82, 2.24) is 10.3 Å². The summed E-state index contributed by atoms with van der Waals surface area (Å²) in [5, 5.41) is 3.29. The van der Waals surface area contributed by atoms with Crippen molar-refractivity contribution in [2.45, 2.75) is 39.2 Å². The van der Waals surface area contributed by atoms with Crippen molar-refractivity contribution >= 4 is 17.5 Å². The Hall–Kier alpha value is -1.13. The van der Waals surface area contributed by atoms with Gasteiger partial charge in [-0.2, -0.15) is 0 Å². The fourth-order valence-electron chi connectivity index (χ4n) is 1.80. The highest BCUT2D eigenvalue weighted by molar-refractivity contribution is 6.29. The Morgan fingerprint density at radius 3 is 2.79 bits per heavy atom. The van der Waals surface area contributed by atoms with Crippen LogP contribution in [0.25, 0.3) is 0 Å². The fourth-order valence-corrected chi connectivity index (χ4v) is 2.02. The number of carbonyl (C=O) groups is 1. The molecular weight excluding hydrogens is 264 g/mol. The first-order valence-electron chi connectivity index (χ1n) is 6.56. The summed E-state index contributed by atoms with van der Waals surface area (Å²) in [4.78, 5) is 16.3. The summed E-state index contributed by atoms with van der Waals surface area (Å²) in [6, 6.07) is 3.40. The zero-order valence-corrected chi connectivity index (χ0v) is 12.5. The third-order valence-electron chi connectivity index (χ3n) is 2.81. The molecule has 0 radical (unpaired) electrons. The van der Waals surface area contributed by atoms with Gasteiger partial charge in [0.1, 0.15) is 5.15 Å². The lowest BCUT2D eigenvalue weighted by Gasteiger charge is -2.16. The quantitative estimate of drug-likeness (QED) is 0.783. The van der Waals surface area contributed by atoms with Crippen molar-refractivity contribution in [3.8, 4) is 0 Å². The normalized spacial score (nSPS) is 12.2. The highest BCUT2D eigenvalue weighted by atomic mass is 35.5. The third kappa shape index (κ3) is 5.17. The van der Waals surface area contributed by atoms with Crippen molar-refractivity contribution in [3.63, 3.8) is 0 Å². The van der Waals surface area contributed by atoms with Gasteiger partial charge in [-0.1, -0.05) is 31.9 Å². The minimum atomic E-state index is -0.134. The van der Waals surface area contributed by atoms with E-state index in [2.05, 4.69) is 17.2 Å². The van der Waals surface area contributed by atoms with Crippen LogP contribution < -0.4 is 5.32 Å². The molecule has 1 atom stereocenters. The first-order chi connectivity index (χ1) is 9.10. The van der Waals surface area contributed by atoms with Crippen LogP contribution in [0.2, 0.25) is 5.15 Å². The Morgan fingerprint density at radius 2 is 2.21 bits per heavy atom. The number of aromatic nitrogens is 1. The van der Waals surface area contributed by atoms with Gasteiger partial charge in [0.05, 0.1) is 12.6 Å². The smallest absolute Gasteiger partial charge is 0.251 e. The maximum Gasteiger partial charge on any atom is 0.251 e. The molecular formula is C14H21ClN2O2. The number of pyridine rings is 1. The van der Waals surface area contributed by atoms with E-state index in [9.17, 15) is 4.79 Å². The molecule has 1 rings (SSSR count). The van der Waals surface area contributed by atoms with E-state index in [1.807, 2.05) is 6.92 Å². The van der Waals surface area contributed by atoms with E-state index in [-0.39, 0.29) is 11.9 Å². The Balaban J connectivity index is 2.80. The SMILES string of the molecule is CCCc1cc(C(=O)NC(CC)COC)cc(Cl)n1. The van der Waals surface area contributed by atoms with E-state index >= 15 is 0 Å². The molecule has 0 fully saturated rings. The van der Waals surface area contributed by atoms with Crippen molar-refractivity contribution < 1.29 is 9.53 Å². The second-order valence-electron chi connectivity index (χ2n) is 4.45. The lowest BCUT2D eigenvalue weighted by atomic mass is 10.1. The maximum absolute atomic E-state index is 12.1. The van der Waals surface area contributed by atoms with E-state index < -0.39 is 0 Å². The summed E-state index contributed by atoms with van der Waals surface area (Å²) in [6.07, 6.45) is 2.60. The maximum atomic E-state index is 12.1. The lowest BCUT2D eigenvalue weighted by Crippen LogP contribution is -2.37. The van der Waals surface area contributed by atoms with E-state index in [0.29, 0.717) is 17.3 Å². The van der Waals surface area contributed by atoms with Gasteiger partial charge in [-0.3, -0.25) is 4.79 Å². The molecule has 0 aliphatic carbocycles. The van der Waals surface area contributed by atoms with Gasteiger partial charge in [-0.15, -0.1) is 0 Å². The fraction of sp³-hybridized carbons (Fsp3) is 0.571. The number of rotatable bonds is 7. The molecule has 0 saturated heterocycles. The van der Waals surface area contributed by atoms with Crippen molar-refractivity contribution in [1.29, 1.82) is 0 Å². The second kappa shape index (κ2) is 8.12. The summed E-state index contributed by atoms with van der Waals surface area (Å²) in [7, 11) is 1.62. The largest absolute Gasteiger partial charge is 0.383 e. The van der Waals surface area contributed by atoms with Gasteiger partial charge in [0, 0.05) is 18.4 Å². The number of aryl methyl sites for hydroxylation is 1. The molecule has 0 aliphatic rings. The number of ether oxygens (including phenoxy) is 1. The summed E-state index contributed by atoms with van der Waals surface area (Å²) in [5.41, 5.74) is 1.40. The predicted octanol–water partition coefficient (Wildman–Crippen LogP) is 2.84. The number of hydrogen-bond donors (Lipinski definition) is 1. The average molecular weight is 285 g/mol. The molecule has 1 amide bonds. The van der Waals surface area contributed by atoms with Gasteiger partial charge in [0.25, 0.3) is 5.91 Å². The molecule has 1 aromatic rings. The molecule has 0 bridgehead atoms. The van der Waals surface area contributed by atoms with Crippen molar-refractivity contribution in [3.05, 3.63) is 28.5 Å². The summed E-state index contributed by atoms with van der Waals surface area (Å²) >= 11 is 5.95. The van der Waals surface area contributed by atoms with Crippen LogP contribution in [-0.2, 0) is 11.2 Å². The van der Waals surface area contributed by atoms with E-state index in [0.717, 1.165) is 25.0 Å². The molecule has 0 saturated carbocycles. The van der Waals surface area contributed by atoms with Crippen LogP contribution in [0.5, 0.6) is 0 Å². The second-order valence-corrected chi connectivity index (χ2v) is 4.84. The Morgan fingerprint density at radius 1 is 1.47 bits per heavy atom. The van der Waals surface area contributed by atoms with E-state index in [1.165, 1.54) is 0 Å². The molecule has 0 aliphatic heterocycles. The third-order valence-corrected chi connectivity index (χ3v) is 3.00. The van der Waals surface area contributed by atoms with E-state index in [1.54, 1.807) is 19.2 Å². The topological polar surface area (TPSA) is 51.2 Å². The van der Waals surface area contributed by atoms with Crippen LogP contribution in [0, 0.1) is 0 Å². The molecule has 1 N–H and O–H groups in total. The van der Waals surface area contributed by atoms with Crippen LogP contribution >= 0.6 is 11.6 Å². The van der Waals surface area contributed by atoms with Gasteiger partial charge in [-0.25, -0.2) is 4.98 Å². The van der Waals surface area contributed by atoms with Gasteiger partial charge in [0.15, 0.2) is 0 Å². The summed E-state index contributed by atoms with van der Waals surface area (Å²) in [6.45, 7) is 4.57. The zero-order chi connectivity index (χ0) is 14.3. The standard InChI is InChI=1S/C14H21ClN2O2/c1-4-6-12-7-10(8-13(15)16-12)14(18)17-11(5-2)9-19-3/h7-8,11H,4-6,9H2,1-3H3,(H,17,18). The number of nitrogens with one attached hydrogen (secondary N) is 1. The minimum Gasteiger partial charge on any atom is -0.383 e. The van der Waals surface area contributed by atoms with Gasteiger partial charge in [-0.05, 0) is 25.0 Å². The van der Waals surface area contributed by atoms with Gasteiger partial charge < -0.3 is 10.1 Å². The Kier molecular flexibility index (Phi) is 6.81. The highest BCUT2D eigenvalue weighted by Gasteiger charge is 2.13. The van der Waals surface area contributed by atoms with Crippen molar-refractivity contribution in [2.75, 3.05) is 13.7 Å². The van der Waals surface area contributed by atoms with Crippen molar-refractivity contribution in [2.24, 2.45) is 0 Å². The first-order valence-corrected chi connectivity index (χ1v) is 6.94. The minimum absolute atomic E-state index is 0.0130. The Bertz CT molecular complexity index is 424. The summed E-state index contributed by atoms with van der Waals surface area (Å²) in [5.74, 6) is -0.134. The van der Waals surface area contributed by atoms with Crippen LogP contribution in [0.4, 0.5) is 0 Å². The number of nitrogens with zero attached hydrogens (tertiary/aromatic N) is 1. The molecule has 0 spiro atoms. The average Bonchev–Trinajstić information content (AvgIpc) is 2.37. The van der Waals surface area contributed by atoms with Crippen LogP contribution in [0.3, 0.4) is 0 Å². The summed E-state index contributed by atoms with van der Waals surface area (Å²) < 4.78 is 5.06. The van der Waals surface area contributed by atoms with Crippen LogP contribution in [0.1, 0.15) is 42.7 Å². The predicted molar refractivity (Wildman–Crippen MR) is 76.7 cm³/mol. The molecule has 1 heterocycles. The van der Waals surface area contributed by atoms with Gasteiger partial charge in [0.2, 0.25) is 0 Å². The molecule has 1 unspecified atom stereocenters. The monoisotopic (exact) mass is 284 g/mol. The molecule has 4 nitrogen and oxygen atoms in total. The number of amides is 1. The zero-order valence-electron chi connectivity index (χ0n) is 11.7. The number of hydrogen-bond acceptors (Lipinski definition) is 3. The molecule has 1 aromatic heterocycles. The molecule has 0 aromatic carbocycles. The van der Waals surface area contributed by atoms with Crippen LogP contribution in [0.15, 0.2) is 12.1 Å². The number of methoxy groups -OCH3 is 1. The molecule has 106 valence electrons. The van der Waals surface area contributed by atoms with E-state index in [4.69, 9.17) is 16.3 Å². The van der Waals surface area contributed by atoms with Crippen LogP contribution in [-0.4, -0.2) is 30.6 Å². The molecule has 19 heavy (non-hydrogen) atoms.